The third-order valence-corrected chi connectivity index (χ3v) is 3.78. The van der Waals surface area contributed by atoms with Crippen LogP contribution in [-0.2, 0) is 13.6 Å². The first-order chi connectivity index (χ1) is 8.08. The van der Waals surface area contributed by atoms with Gasteiger partial charge in [-0.1, -0.05) is 0 Å². The third kappa shape index (κ3) is 2.90. The van der Waals surface area contributed by atoms with Crippen molar-refractivity contribution >= 4 is 37.5 Å². The molecule has 0 fully saturated rings. The van der Waals surface area contributed by atoms with Gasteiger partial charge in [0.15, 0.2) is 0 Å². The summed E-state index contributed by atoms with van der Waals surface area (Å²) in [7, 11) is 1.99. The van der Waals surface area contributed by atoms with Crippen molar-refractivity contribution in [2.75, 3.05) is 5.32 Å². The van der Waals surface area contributed by atoms with E-state index in [9.17, 15) is 0 Å². The van der Waals surface area contributed by atoms with Crippen molar-refractivity contribution in [2.24, 2.45) is 7.05 Å². The molecule has 2 aromatic rings. The summed E-state index contributed by atoms with van der Waals surface area (Å²) in [6.45, 7) is 2.77. The molecule has 0 atom stereocenters. The summed E-state index contributed by atoms with van der Waals surface area (Å²) in [5.41, 5.74) is 2.27. The number of nitrogens with one attached hydrogen (secondary N) is 1. The second-order valence-electron chi connectivity index (χ2n) is 3.91. The normalized spacial score (nSPS) is 10.6. The fraction of sp³-hybridized carbons (Fsp3) is 0.250. The van der Waals surface area contributed by atoms with Crippen LogP contribution in [0.25, 0.3) is 0 Å². The molecule has 0 aliphatic rings. The zero-order valence-corrected chi connectivity index (χ0v) is 12.8. The average molecular weight is 359 g/mol. The predicted molar refractivity (Wildman–Crippen MR) is 77.1 cm³/mol. The number of nitrogens with zero attached hydrogens (tertiary/aromatic N) is 2. The molecule has 0 amide bonds. The fourth-order valence-electron chi connectivity index (χ4n) is 1.60. The summed E-state index contributed by atoms with van der Waals surface area (Å²) in [4.78, 5) is 4.28. The molecule has 0 saturated heterocycles. The van der Waals surface area contributed by atoms with Gasteiger partial charge in [-0.25, -0.2) is 4.98 Å². The maximum Gasteiger partial charge on any atom is 0.127 e. The average Bonchev–Trinajstić information content (AvgIpc) is 2.62. The largest absolute Gasteiger partial charge is 0.376 e. The highest BCUT2D eigenvalue weighted by atomic mass is 79.9. The highest BCUT2D eigenvalue weighted by Gasteiger charge is 2.07. The lowest BCUT2D eigenvalue weighted by atomic mass is 10.2. The predicted octanol–water partition coefficient (Wildman–Crippen LogP) is 3.87. The van der Waals surface area contributed by atoms with Crippen molar-refractivity contribution in [3.63, 3.8) is 0 Å². The van der Waals surface area contributed by atoms with E-state index in [-0.39, 0.29) is 0 Å². The number of rotatable bonds is 3. The Morgan fingerprint density at radius 2 is 1.94 bits per heavy atom. The Hall–Kier alpha value is -0.810. The van der Waals surface area contributed by atoms with Crippen LogP contribution in [0.4, 0.5) is 5.69 Å². The lowest BCUT2D eigenvalue weighted by molar-refractivity contribution is 0.812. The molecule has 1 aromatic carbocycles. The molecule has 1 N–H and O–H groups in total. The van der Waals surface area contributed by atoms with Gasteiger partial charge >= 0.3 is 0 Å². The van der Waals surface area contributed by atoms with Gasteiger partial charge in [-0.3, -0.25) is 0 Å². The number of aryl methyl sites for hydroxylation is 2. The summed E-state index contributed by atoms with van der Waals surface area (Å²) >= 11 is 7.12. The van der Waals surface area contributed by atoms with E-state index in [0.29, 0.717) is 6.54 Å². The molecule has 0 aliphatic heterocycles. The molecule has 0 unspecified atom stereocenters. The monoisotopic (exact) mass is 357 g/mol. The zero-order chi connectivity index (χ0) is 12.4. The van der Waals surface area contributed by atoms with Gasteiger partial charge in [-0.2, -0.15) is 0 Å². The minimum absolute atomic E-state index is 0.698. The van der Waals surface area contributed by atoms with E-state index < -0.39 is 0 Å². The van der Waals surface area contributed by atoms with Crippen LogP contribution in [0.1, 0.15) is 11.4 Å². The van der Waals surface area contributed by atoms with Gasteiger partial charge in [0.25, 0.3) is 0 Å². The lowest BCUT2D eigenvalue weighted by Crippen LogP contribution is -2.06. The second kappa shape index (κ2) is 5.23. The lowest BCUT2D eigenvalue weighted by Gasteiger charge is -2.11. The smallest absolute Gasteiger partial charge is 0.127 e. The molecule has 0 saturated carbocycles. The molecule has 1 heterocycles. The van der Waals surface area contributed by atoms with E-state index in [4.69, 9.17) is 0 Å². The fourth-order valence-corrected chi connectivity index (χ4v) is 3.30. The Labute approximate surface area is 118 Å². The first-order valence-corrected chi connectivity index (χ1v) is 6.82. The van der Waals surface area contributed by atoms with Crippen molar-refractivity contribution in [2.45, 2.75) is 13.5 Å². The molecule has 0 bridgehead atoms. The van der Waals surface area contributed by atoms with Gasteiger partial charge in [0.2, 0.25) is 0 Å². The van der Waals surface area contributed by atoms with Crippen LogP contribution < -0.4 is 5.32 Å². The molecular weight excluding hydrogens is 346 g/mol. The van der Waals surface area contributed by atoms with Crippen molar-refractivity contribution < 1.29 is 0 Å². The zero-order valence-electron chi connectivity index (χ0n) is 9.67. The number of hydrogen-bond donors (Lipinski definition) is 1. The molecule has 2 rings (SSSR count). The van der Waals surface area contributed by atoms with Gasteiger partial charge < -0.3 is 9.88 Å². The van der Waals surface area contributed by atoms with Gasteiger partial charge in [-0.15, -0.1) is 0 Å². The standard InChI is InChI=1S/C12H13Br2N3/c1-8-5-9(13)12(10(14)6-8)16-7-11-15-3-4-17(11)2/h3-6,16H,7H2,1-2H3. The number of aromatic nitrogens is 2. The SMILES string of the molecule is Cc1cc(Br)c(NCc2nccn2C)c(Br)c1. The molecule has 0 spiro atoms. The summed E-state index contributed by atoms with van der Waals surface area (Å²) in [6, 6.07) is 4.18. The van der Waals surface area contributed by atoms with Gasteiger partial charge in [0, 0.05) is 28.4 Å². The second-order valence-corrected chi connectivity index (χ2v) is 5.62. The highest BCUT2D eigenvalue weighted by molar-refractivity contribution is 9.11. The molecule has 1 aromatic heterocycles. The van der Waals surface area contributed by atoms with E-state index in [1.165, 1.54) is 5.56 Å². The summed E-state index contributed by atoms with van der Waals surface area (Å²) in [5.74, 6) is 1.00. The first kappa shape index (κ1) is 12.6. The van der Waals surface area contributed by atoms with E-state index >= 15 is 0 Å². The number of hydrogen-bond acceptors (Lipinski definition) is 2. The maximum absolute atomic E-state index is 4.28. The van der Waals surface area contributed by atoms with Crippen molar-refractivity contribution in [1.29, 1.82) is 0 Å². The number of imidazole rings is 1. The Kier molecular flexibility index (Phi) is 3.89. The first-order valence-electron chi connectivity index (χ1n) is 5.23. The Morgan fingerprint density at radius 3 is 2.47 bits per heavy atom. The highest BCUT2D eigenvalue weighted by Crippen LogP contribution is 2.32. The molecule has 5 heteroatoms. The van der Waals surface area contributed by atoms with Crippen molar-refractivity contribution in [3.8, 4) is 0 Å². The quantitative estimate of drug-likeness (QED) is 0.902. The van der Waals surface area contributed by atoms with E-state index in [0.717, 1.165) is 20.5 Å². The molecule has 17 heavy (non-hydrogen) atoms. The van der Waals surface area contributed by atoms with E-state index in [1.54, 1.807) is 6.20 Å². The van der Waals surface area contributed by atoms with Crippen LogP contribution in [0.3, 0.4) is 0 Å². The van der Waals surface area contributed by atoms with E-state index in [2.05, 4.69) is 61.2 Å². The molecule has 3 nitrogen and oxygen atoms in total. The topological polar surface area (TPSA) is 29.9 Å². The van der Waals surface area contributed by atoms with Crippen LogP contribution in [0, 0.1) is 6.92 Å². The Balaban J connectivity index is 2.17. The Morgan fingerprint density at radius 1 is 1.29 bits per heavy atom. The van der Waals surface area contributed by atoms with Crippen LogP contribution in [-0.4, -0.2) is 9.55 Å². The summed E-state index contributed by atoms with van der Waals surface area (Å²) in [6.07, 6.45) is 3.74. The van der Waals surface area contributed by atoms with Crippen molar-refractivity contribution in [3.05, 3.63) is 44.9 Å². The minimum Gasteiger partial charge on any atom is -0.376 e. The third-order valence-electron chi connectivity index (χ3n) is 2.53. The number of benzene rings is 1. The Bertz CT molecular complexity index is 511. The van der Waals surface area contributed by atoms with E-state index in [1.807, 2.05) is 17.8 Å². The van der Waals surface area contributed by atoms with Crippen LogP contribution >= 0.6 is 31.9 Å². The maximum atomic E-state index is 4.28. The van der Waals surface area contributed by atoms with Gasteiger partial charge in [-0.05, 0) is 56.5 Å². The van der Waals surface area contributed by atoms with Crippen LogP contribution in [0.5, 0.6) is 0 Å². The number of halogens is 2. The van der Waals surface area contributed by atoms with Crippen molar-refractivity contribution in [1.82, 2.24) is 9.55 Å². The summed E-state index contributed by atoms with van der Waals surface area (Å²) < 4.78 is 4.11. The minimum atomic E-state index is 0.698. The molecule has 0 radical (unpaired) electrons. The number of anilines is 1. The summed E-state index contributed by atoms with van der Waals surface area (Å²) in [5, 5.41) is 3.37. The van der Waals surface area contributed by atoms with Crippen LogP contribution in [0.15, 0.2) is 33.5 Å². The van der Waals surface area contributed by atoms with Crippen LogP contribution in [0.2, 0.25) is 0 Å². The molecule has 0 aliphatic carbocycles. The van der Waals surface area contributed by atoms with Gasteiger partial charge in [0.05, 0.1) is 12.2 Å². The molecular formula is C12H13Br2N3. The van der Waals surface area contributed by atoms with Gasteiger partial charge in [0.1, 0.15) is 5.82 Å². The molecule has 90 valence electrons.